The predicted molar refractivity (Wildman–Crippen MR) is 160 cm³/mol. The number of para-hydroxylation sites is 1. The summed E-state index contributed by atoms with van der Waals surface area (Å²) < 4.78 is 6.07. The number of nitrogens with one attached hydrogen (secondary N) is 1. The van der Waals surface area contributed by atoms with Gasteiger partial charge in [0, 0.05) is 43.0 Å². The second kappa shape index (κ2) is 12.1. The molecule has 0 bridgehead atoms. The zero-order chi connectivity index (χ0) is 26.6. The lowest BCUT2D eigenvalue weighted by Crippen LogP contribution is -2.14. The van der Waals surface area contributed by atoms with Crippen molar-refractivity contribution in [1.82, 2.24) is 0 Å². The van der Waals surface area contributed by atoms with Crippen LogP contribution in [0.3, 0.4) is 0 Å². The van der Waals surface area contributed by atoms with Crippen molar-refractivity contribution in [2.75, 3.05) is 5.32 Å². The zero-order valence-electron chi connectivity index (χ0n) is 20.1. The van der Waals surface area contributed by atoms with Crippen LogP contribution in [0.5, 0.6) is 5.75 Å². The van der Waals surface area contributed by atoms with Gasteiger partial charge in [0.1, 0.15) is 17.4 Å². The summed E-state index contributed by atoms with van der Waals surface area (Å²) in [5, 5.41) is 5.49. The topological polar surface area (TPSA) is 50.7 Å². The predicted octanol–water partition coefficient (Wildman–Crippen LogP) is 9.82. The number of hydrogen-bond acceptors (Lipinski definition) is 4. The van der Waals surface area contributed by atoms with Gasteiger partial charge in [-0.3, -0.25) is 4.79 Å². The van der Waals surface area contributed by atoms with Crippen molar-refractivity contribution in [3.63, 3.8) is 0 Å². The van der Waals surface area contributed by atoms with Crippen molar-refractivity contribution >= 4 is 80.6 Å². The van der Waals surface area contributed by atoms with Gasteiger partial charge in [0.2, 0.25) is 0 Å². The number of hydrogen-bond donors (Lipinski definition) is 1. The minimum Gasteiger partial charge on any atom is -0.487 e. The van der Waals surface area contributed by atoms with Gasteiger partial charge in [0.05, 0.1) is 10.6 Å². The highest BCUT2D eigenvalue weighted by atomic mass is 35.5. The van der Waals surface area contributed by atoms with E-state index >= 15 is 0 Å². The molecule has 0 saturated carbocycles. The van der Waals surface area contributed by atoms with Crippen LogP contribution in [0.1, 0.15) is 44.8 Å². The summed E-state index contributed by atoms with van der Waals surface area (Å²) in [5.74, 6) is 0.253. The molecule has 1 aliphatic rings. The first kappa shape index (κ1) is 27.0. The number of carbonyl (C=O) groups is 1. The third kappa shape index (κ3) is 6.19. The van der Waals surface area contributed by atoms with E-state index in [1.165, 1.54) is 4.88 Å². The molecule has 0 unspecified atom stereocenters. The molecule has 9 heteroatoms. The van der Waals surface area contributed by atoms with Gasteiger partial charge < -0.3 is 10.1 Å². The van der Waals surface area contributed by atoms with Gasteiger partial charge >= 0.3 is 0 Å². The maximum Gasteiger partial charge on any atom is 0.259 e. The summed E-state index contributed by atoms with van der Waals surface area (Å²) in [6.45, 7) is 0.177. The minimum absolute atomic E-state index is 0.166. The Bertz CT molecular complexity index is 1520. The molecule has 0 aliphatic heterocycles. The highest BCUT2D eigenvalue weighted by Crippen LogP contribution is 2.41. The lowest BCUT2D eigenvalue weighted by molar-refractivity contribution is 0.102. The molecule has 0 radical (unpaired) electrons. The summed E-state index contributed by atoms with van der Waals surface area (Å²) in [6.07, 6.45) is 5.60. The Morgan fingerprint density at radius 1 is 0.947 bits per heavy atom. The Hall–Kier alpha value is -2.54. The number of amides is 1. The number of nitrogens with zero attached hydrogens (tertiary/aromatic N) is 1. The van der Waals surface area contributed by atoms with E-state index in [9.17, 15) is 4.79 Å². The molecule has 5 rings (SSSR count). The molecule has 1 aliphatic carbocycles. The number of anilines is 1. The zero-order valence-corrected chi connectivity index (χ0v) is 23.9. The van der Waals surface area contributed by atoms with Crippen molar-refractivity contribution in [1.29, 1.82) is 0 Å². The highest BCUT2D eigenvalue weighted by molar-refractivity contribution is 7.16. The van der Waals surface area contributed by atoms with E-state index in [0.29, 0.717) is 42.0 Å². The Kier molecular flexibility index (Phi) is 8.61. The molecule has 4 aromatic rings. The smallest absolute Gasteiger partial charge is 0.259 e. The van der Waals surface area contributed by atoms with Gasteiger partial charge in [-0.2, -0.15) is 0 Å². The molecule has 1 heterocycles. The lowest BCUT2D eigenvalue weighted by Gasteiger charge is -2.13. The second-order valence-electron chi connectivity index (χ2n) is 8.80. The van der Waals surface area contributed by atoms with Crippen LogP contribution >= 0.6 is 57.7 Å². The number of fused-ring (bicyclic) bond motifs is 1. The number of benzene rings is 3. The third-order valence-corrected chi connectivity index (χ3v) is 8.44. The van der Waals surface area contributed by atoms with Gasteiger partial charge in [-0.1, -0.05) is 70.7 Å². The van der Waals surface area contributed by atoms with Crippen molar-refractivity contribution in [3.8, 4) is 5.75 Å². The Morgan fingerprint density at radius 2 is 1.71 bits per heavy atom. The second-order valence-corrected chi connectivity index (χ2v) is 11.6. The summed E-state index contributed by atoms with van der Waals surface area (Å²) in [6, 6.07) is 18.0. The first-order valence-electron chi connectivity index (χ1n) is 12.0. The van der Waals surface area contributed by atoms with E-state index in [4.69, 9.17) is 56.1 Å². The van der Waals surface area contributed by atoms with Crippen molar-refractivity contribution in [2.45, 2.75) is 32.3 Å². The van der Waals surface area contributed by atoms with E-state index in [2.05, 4.69) is 5.32 Å². The summed E-state index contributed by atoms with van der Waals surface area (Å²) in [4.78, 5) is 19.4. The van der Waals surface area contributed by atoms with E-state index in [-0.39, 0.29) is 12.5 Å². The Labute approximate surface area is 245 Å². The highest BCUT2D eigenvalue weighted by Gasteiger charge is 2.25. The SMILES string of the molecule is O=C(Nc1ccccc1)c1c(N=Cc2cc(Cl)cc(Cl)c2OCc2ccc(Cl)cc2Cl)sc2c1CCCC2. The number of halogens is 4. The molecule has 3 aromatic carbocycles. The molecular weight excluding hydrogens is 582 g/mol. The number of rotatable bonds is 7. The molecule has 38 heavy (non-hydrogen) atoms. The maximum absolute atomic E-state index is 13.4. The van der Waals surface area contributed by atoms with Crippen LogP contribution < -0.4 is 10.1 Å². The maximum atomic E-state index is 13.4. The minimum atomic E-state index is -0.166. The molecule has 4 nitrogen and oxygen atoms in total. The van der Waals surface area contributed by atoms with E-state index < -0.39 is 0 Å². The van der Waals surface area contributed by atoms with E-state index in [1.54, 1.807) is 47.9 Å². The van der Waals surface area contributed by atoms with Crippen LogP contribution in [-0.4, -0.2) is 12.1 Å². The standard InChI is InChI=1S/C29H22Cl4N2O2S/c30-19-11-10-17(23(32)13-19)16-37-27-18(12-20(31)14-24(27)33)15-34-29-26(22-8-4-5-9-25(22)38-29)28(36)35-21-6-2-1-3-7-21/h1-3,6-7,10-15H,4-5,8-9,16H2,(H,35,36). The van der Waals surface area contributed by atoms with Crippen LogP contribution in [0, 0.1) is 0 Å². The van der Waals surface area contributed by atoms with Crippen molar-refractivity contribution in [3.05, 3.63) is 108 Å². The van der Waals surface area contributed by atoms with Gasteiger partial charge in [0.25, 0.3) is 5.91 Å². The van der Waals surface area contributed by atoms with Crippen molar-refractivity contribution in [2.24, 2.45) is 4.99 Å². The number of carbonyl (C=O) groups excluding carboxylic acids is 1. The van der Waals surface area contributed by atoms with Crippen LogP contribution in [0.25, 0.3) is 0 Å². The van der Waals surface area contributed by atoms with Gasteiger partial charge in [-0.15, -0.1) is 11.3 Å². The number of aliphatic imine (C=N–C) groups is 1. The van der Waals surface area contributed by atoms with E-state index in [1.807, 2.05) is 30.3 Å². The van der Waals surface area contributed by atoms with Crippen LogP contribution in [0.4, 0.5) is 10.7 Å². The summed E-state index contributed by atoms with van der Waals surface area (Å²) in [7, 11) is 0. The molecule has 194 valence electrons. The normalized spacial score (nSPS) is 12.9. The molecule has 0 spiro atoms. The molecular formula is C29H22Cl4N2O2S. The number of aryl methyl sites for hydroxylation is 1. The van der Waals surface area contributed by atoms with E-state index in [0.717, 1.165) is 42.5 Å². The summed E-state index contributed by atoms with van der Waals surface area (Å²) >= 11 is 26.7. The first-order valence-corrected chi connectivity index (χ1v) is 14.3. The quantitative estimate of drug-likeness (QED) is 0.214. The molecule has 1 amide bonds. The average Bonchev–Trinajstić information content (AvgIpc) is 3.27. The third-order valence-electron chi connectivity index (χ3n) is 6.16. The summed E-state index contributed by atoms with van der Waals surface area (Å²) in [5.41, 5.74) is 3.79. The molecule has 0 atom stereocenters. The van der Waals surface area contributed by atoms with Crippen LogP contribution in [0.2, 0.25) is 20.1 Å². The molecule has 1 aromatic heterocycles. The number of ether oxygens (including phenoxy) is 1. The fourth-order valence-corrected chi connectivity index (χ4v) is 6.59. The number of thiophene rings is 1. The molecule has 0 fully saturated rings. The largest absolute Gasteiger partial charge is 0.487 e. The van der Waals surface area contributed by atoms with Gasteiger partial charge in [0.15, 0.2) is 0 Å². The molecule has 1 N–H and O–H groups in total. The fraction of sp³-hybridized carbons (Fsp3) is 0.172. The van der Waals surface area contributed by atoms with Crippen LogP contribution in [-0.2, 0) is 19.4 Å². The molecule has 0 saturated heterocycles. The lowest BCUT2D eigenvalue weighted by atomic mass is 9.95. The monoisotopic (exact) mass is 602 g/mol. The fourth-order valence-electron chi connectivity index (χ4n) is 4.34. The van der Waals surface area contributed by atoms with Crippen molar-refractivity contribution < 1.29 is 9.53 Å². The Balaban J connectivity index is 1.47. The average molecular weight is 604 g/mol. The first-order chi connectivity index (χ1) is 18.4. The van der Waals surface area contributed by atoms with Gasteiger partial charge in [-0.05, 0) is 67.6 Å². The van der Waals surface area contributed by atoms with Crippen LogP contribution in [0.15, 0.2) is 65.7 Å². The van der Waals surface area contributed by atoms with Gasteiger partial charge in [-0.25, -0.2) is 4.99 Å². The Morgan fingerprint density at radius 3 is 2.50 bits per heavy atom.